The van der Waals surface area contributed by atoms with Crippen molar-refractivity contribution in [3.05, 3.63) is 52.7 Å². The highest BCUT2D eigenvalue weighted by atomic mass is 32.2. The molecule has 0 aliphatic heterocycles. The van der Waals surface area contributed by atoms with E-state index in [0.717, 1.165) is 22.0 Å². The first-order chi connectivity index (χ1) is 10.2. The van der Waals surface area contributed by atoms with Crippen molar-refractivity contribution < 1.29 is 5.21 Å². The summed E-state index contributed by atoms with van der Waals surface area (Å²) in [7, 11) is 0. The Balaban J connectivity index is 1.96. The Labute approximate surface area is 128 Å². The molecule has 21 heavy (non-hydrogen) atoms. The molecule has 0 atom stereocenters. The van der Waals surface area contributed by atoms with Gasteiger partial charge in [0, 0.05) is 10.6 Å². The topological polar surface area (TPSA) is 71.5 Å². The zero-order chi connectivity index (χ0) is 14.8. The third-order valence-electron chi connectivity index (χ3n) is 3.67. The van der Waals surface area contributed by atoms with Gasteiger partial charge in [-0.1, -0.05) is 23.0 Å². The van der Waals surface area contributed by atoms with Crippen molar-refractivity contribution in [3.63, 3.8) is 0 Å². The predicted molar refractivity (Wildman–Crippen MR) is 84.1 cm³/mol. The van der Waals surface area contributed by atoms with Crippen molar-refractivity contribution in [3.8, 4) is 0 Å². The summed E-state index contributed by atoms with van der Waals surface area (Å²) in [5.41, 5.74) is 10.2. The fourth-order valence-electron chi connectivity index (χ4n) is 2.58. The fraction of sp³-hybridized carbons (Fsp3) is 0.250. The smallest absolute Gasteiger partial charge is 0.172 e. The van der Waals surface area contributed by atoms with Gasteiger partial charge in [0.2, 0.25) is 0 Å². The molecular formula is C16H17N3OS. The highest BCUT2D eigenvalue weighted by molar-refractivity contribution is 7.99. The van der Waals surface area contributed by atoms with Crippen molar-refractivity contribution in [2.24, 2.45) is 10.9 Å². The first-order valence-electron chi connectivity index (χ1n) is 6.92. The Morgan fingerprint density at radius 1 is 1.24 bits per heavy atom. The summed E-state index contributed by atoms with van der Waals surface area (Å²) in [6.45, 7) is 1.93. The second kappa shape index (κ2) is 5.77. The first kappa shape index (κ1) is 13.9. The van der Waals surface area contributed by atoms with E-state index in [1.807, 2.05) is 19.1 Å². The van der Waals surface area contributed by atoms with Gasteiger partial charge in [0.15, 0.2) is 5.84 Å². The maximum absolute atomic E-state index is 8.90. The molecule has 0 fully saturated rings. The molecule has 4 nitrogen and oxygen atoms in total. The van der Waals surface area contributed by atoms with E-state index in [0.29, 0.717) is 5.56 Å². The maximum Gasteiger partial charge on any atom is 0.172 e. The third kappa shape index (κ3) is 2.88. The van der Waals surface area contributed by atoms with Gasteiger partial charge in [0.1, 0.15) is 5.03 Å². The van der Waals surface area contributed by atoms with Crippen LogP contribution >= 0.6 is 11.8 Å². The summed E-state index contributed by atoms with van der Waals surface area (Å²) in [6.07, 6.45) is 3.57. The Hall–Kier alpha value is -2.01. The van der Waals surface area contributed by atoms with Gasteiger partial charge in [-0.2, -0.15) is 0 Å². The van der Waals surface area contributed by atoms with Gasteiger partial charge in [-0.15, -0.1) is 0 Å². The van der Waals surface area contributed by atoms with Crippen LogP contribution in [0.4, 0.5) is 0 Å². The lowest BCUT2D eigenvalue weighted by atomic mass is 10.1. The number of aryl methyl sites for hydroxylation is 3. The summed E-state index contributed by atoms with van der Waals surface area (Å²) in [5, 5.41) is 12.8. The highest BCUT2D eigenvalue weighted by Gasteiger charge is 2.14. The molecule has 1 aromatic carbocycles. The number of hydrogen-bond acceptors (Lipinski definition) is 4. The van der Waals surface area contributed by atoms with Gasteiger partial charge in [0.25, 0.3) is 0 Å². The minimum Gasteiger partial charge on any atom is -0.409 e. The van der Waals surface area contributed by atoms with Crippen molar-refractivity contribution in [1.82, 2.24) is 4.98 Å². The molecule has 1 heterocycles. The van der Waals surface area contributed by atoms with Gasteiger partial charge < -0.3 is 10.9 Å². The van der Waals surface area contributed by atoms with Gasteiger partial charge in [-0.05, 0) is 61.6 Å². The number of fused-ring (bicyclic) bond motifs is 1. The zero-order valence-corrected chi connectivity index (χ0v) is 12.7. The largest absolute Gasteiger partial charge is 0.409 e. The van der Waals surface area contributed by atoms with Gasteiger partial charge in [-0.25, -0.2) is 4.98 Å². The molecule has 3 N–H and O–H groups in total. The Bertz CT molecular complexity index is 713. The maximum atomic E-state index is 8.90. The number of nitrogens with two attached hydrogens (primary N) is 1. The van der Waals surface area contributed by atoms with Gasteiger partial charge >= 0.3 is 0 Å². The van der Waals surface area contributed by atoms with Crippen LogP contribution in [0.5, 0.6) is 0 Å². The molecule has 0 saturated heterocycles. The molecule has 5 heteroatoms. The second-order valence-electron chi connectivity index (χ2n) is 5.18. The molecule has 2 aromatic rings. The van der Waals surface area contributed by atoms with Crippen LogP contribution in [0.2, 0.25) is 0 Å². The van der Waals surface area contributed by atoms with Crippen LogP contribution in [0.3, 0.4) is 0 Å². The van der Waals surface area contributed by atoms with E-state index in [1.165, 1.54) is 24.0 Å². The van der Waals surface area contributed by atoms with Crippen molar-refractivity contribution >= 4 is 17.6 Å². The number of oxime groups is 1. The molecule has 1 aliphatic carbocycles. The number of aromatic nitrogens is 1. The molecule has 0 amide bonds. The quantitative estimate of drug-likeness (QED) is 0.395. The molecule has 0 radical (unpaired) electrons. The number of benzene rings is 1. The molecular weight excluding hydrogens is 282 g/mol. The standard InChI is InChI=1S/C16H17N3OS/c1-10-5-8-14(15(17)19-20)16(18-10)21-13-7-6-11-3-2-4-12(11)9-13/h5-9,20H,2-4H2,1H3,(H2,17,19). The van der Waals surface area contributed by atoms with E-state index in [2.05, 4.69) is 28.3 Å². The van der Waals surface area contributed by atoms with E-state index >= 15 is 0 Å². The fourth-order valence-corrected chi connectivity index (χ4v) is 3.62. The third-order valence-corrected chi connectivity index (χ3v) is 4.66. The lowest BCUT2D eigenvalue weighted by molar-refractivity contribution is 0.318. The van der Waals surface area contributed by atoms with Crippen molar-refractivity contribution in [2.75, 3.05) is 0 Å². The molecule has 3 rings (SSSR count). The van der Waals surface area contributed by atoms with Crippen LogP contribution in [-0.2, 0) is 12.8 Å². The Morgan fingerprint density at radius 3 is 2.86 bits per heavy atom. The summed E-state index contributed by atoms with van der Waals surface area (Å²) in [6, 6.07) is 10.2. The molecule has 108 valence electrons. The summed E-state index contributed by atoms with van der Waals surface area (Å²) in [4.78, 5) is 5.66. The number of nitrogens with zero attached hydrogens (tertiary/aromatic N) is 2. The van der Waals surface area contributed by atoms with Crippen molar-refractivity contribution in [1.29, 1.82) is 0 Å². The van der Waals surface area contributed by atoms with E-state index in [1.54, 1.807) is 11.8 Å². The van der Waals surface area contributed by atoms with E-state index < -0.39 is 0 Å². The van der Waals surface area contributed by atoms with Crippen LogP contribution in [0, 0.1) is 6.92 Å². The van der Waals surface area contributed by atoms with Crippen LogP contribution < -0.4 is 5.73 Å². The van der Waals surface area contributed by atoms with Crippen molar-refractivity contribution in [2.45, 2.75) is 36.1 Å². The average molecular weight is 299 g/mol. The summed E-state index contributed by atoms with van der Waals surface area (Å²) >= 11 is 1.56. The monoisotopic (exact) mass is 299 g/mol. The average Bonchev–Trinajstić information content (AvgIpc) is 2.94. The zero-order valence-electron chi connectivity index (χ0n) is 11.8. The molecule has 1 aromatic heterocycles. The summed E-state index contributed by atoms with van der Waals surface area (Å²) in [5.74, 6) is 0.0890. The number of pyridine rings is 1. The lowest BCUT2D eigenvalue weighted by Crippen LogP contribution is -2.15. The van der Waals surface area contributed by atoms with Crippen LogP contribution in [0.15, 0.2) is 45.4 Å². The van der Waals surface area contributed by atoms with Crippen LogP contribution in [0.25, 0.3) is 0 Å². The molecule has 1 aliphatic rings. The Kier molecular flexibility index (Phi) is 3.84. The molecule has 0 unspecified atom stereocenters. The number of hydrogen-bond donors (Lipinski definition) is 2. The molecule has 0 bridgehead atoms. The van der Waals surface area contributed by atoms with Gasteiger partial charge in [-0.3, -0.25) is 0 Å². The minimum atomic E-state index is 0.0890. The van der Waals surface area contributed by atoms with E-state index in [4.69, 9.17) is 10.9 Å². The number of rotatable bonds is 3. The normalized spacial score (nSPS) is 14.2. The van der Waals surface area contributed by atoms with E-state index in [-0.39, 0.29) is 5.84 Å². The molecule has 0 spiro atoms. The number of amidine groups is 1. The SMILES string of the molecule is Cc1ccc(C(N)=NO)c(Sc2ccc3c(c2)CCC3)n1. The first-order valence-corrected chi connectivity index (χ1v) is 7.74. The predicted octanol–water partition coefficient (Wildman–Crippen LogP) is 3.12. The van der Waals surface area contributed by atoms with Crippen LogP contribution in [-0.4, -0.2) is 16.0 Å². The molecule has 0 saturated carbocycles. The minimum absolute atomic E-state index is 0.0890. The lowest BCUT2D eigenvalue weighted by Gasteiger charge is -2.09. The summed E-state index contributed by atoms with van der Waals surface area (Å²) < 4.78 is 0. The van der Waals surface area contributed by atoms with Crippen LogP contribution in [0.1, 0.15) is 28.8 Å². The highest BCUT2D eigenvalue weighted by Crippen LogP contribution is 2.32. The van der Waals surface area contributed by atoms with Gasteiger partial charge in [0.05, 0.1) is 5.56 Å². The second-order valence-corrected chi connectivity index (χ2v) is 6.24. The Morgan fingerprint density at radius 2 is 2.05 bits per heavy atom. The van der Waals surface area contributed by atoms with E-state index in [9.17, 15) is 0 Å².